The van der Waals surface area contributed by atoms with Crippen molar-refractivity contribution in [3.63, 3.8) is 0 Å². The fraction of sp³-hybridized carbons (Fsp3) is 0.0704. The van der Waals surface area contributed by atoms with E-state index in [0.717, 1.165) is 17.1 Å². The van der Waals surface area contributed by atoms with E-state index in [2.05, 4.69) is 280 Å². The normalized spacial score (nSPS) is 14.9. The van der Waals surface area contributed by atoms with E-state index in [-0.39, 0.29) is 5.41 Å². The number of nitrogens with zero attached hydrogens (tertiary/aromatic N) is 1. The van der Waals surface area contributed by atoms with Crippen LogP contribution in [0.1, 0.15) is 69.5 Å². The molecule has 1 heteroatoms. The smallest absolute Gasteiger partial charge is 0.0720 e. The fourth-order valence-corrected chi connectivity index (χ4v) is 14.0. The van der Waals surface area contributed by atoms with Crippen molar-refractivity contribution < 1.29 is 0 Å². The number of hydrogen-bond acceptors (Lipinski definition) is 1. The summed E-state index contributed by atoms with van der Waals surface area (Å²) >= 11 is 0. The summed E-state index contributed by atoms with van der Waals surface area (Å²) in [4.78, 5) is 2.39. The number of hydrogen-bond donors (Lipinski definition) is 0. The molecule has 4 aliphatic carbocycles. The van der Waals surface area contributed by atoms with Crippen LogP contribution in [0, 0.1) is 0 Å². The molecule has 0 N–H and O–H groups in total. The third kappa shape index (κ3) is 5.38. The Hall–Kier alpha value is -8.78. The first-order valence-electron chi connectivity index (χ1n) is 25.4. The molecule has 11 aromatic carbocycles. The van der Waals surface area contributed by atoms with E-state index < -0.39 is 10.8 Å². The predicted octanol–water partition coefficient (Wildman–Crippen LogP) is 17.8. The third-order valence-corrected chi connectivity index (χ3v) is 17.0. The monoisotopic (exact) mass is 915 g/mol. The van der Waals surface area contributed by atoms with Crippen molar-refractivity contribution in [3.8, 4) is 55.6 Å². The molecule has 0 aliphatic heterocycles. The quantitative estimate of drug-likeness (QED) is 0.166. The third-order valence-electron chi connectivity index (χ3n) is 17.0. The first-order chi connectivity index (χ1) is 35.5. The summed E-state index contributed by atoms with van der Waals surface area (Å²) in [5.41, 5.74) is 28.5. The van der Waals surface area contributed by atoms with E-state index in [4.69, 9.17) is 0 Å². The number of fused-ring (bicyclic) bond motifs is 19. The molecule has 0 amide bonds. The lowest BCUT2D eigenvalue weighted by atomic mass is 9.52. The highest BCUT2D eigenvalue weighted by Crippen LogP contribution is 2.67. The van der Waals surface area contributed by atoms with Gasteiger partial charge in [0.2, 0.25) is 0 Å². The zero-order valence-electron chi connectivity index (χ0n) is 40.3. The molecular weight excluding hydrogens is 867 g/mol. The maximum absolute atomic E-state index is 2.55. The molecule has 0 aromatic heterocycles. The Bertz CT molecular complexity index is 3930. The first-order valence-corrected chi connectivity index (χ1v) is 25.4. The number of benzene rings is 11. The van der Waals surface area contributed by atoms with Gasteiger partial charge in [-0.1, -0.05) is 226 Å². The molecule has 72 heavy (non-hydrogen) atoms. The van der Waals surface area contributed by atoms with Crippen LogP contribution in [0.3, 0.4) is 0 Å². The van der Waals surface area contributed by atoms with Crippen molar-refractivity contribution >= 4 is 17.1 Å². The van der Waals surface area contributed by atoms with Crippen molar-refractivity contribution in [2.75, 3.05) is 4.90 Å². The molecule has 11 aromatic rings. The van der Waals surface area contributed by atoms with Crippen LogP contribution in [0.5, 0.6) is 0 Å². The summed E-state index contributed by atoms with van der Waals surface area (Å²) < 4.78 is 0. The van der Waals surface area contributed by atoms with Crippen LogP contribution in [0.15, 0.2) is 261 Å². The lowest BCUT2D eigenvalue weighted by molar-refractivity contribution is 0.633. The van der Waals surface area contributed by atoms with E-state index in [9.17, 15) is 0 Å². The molecule has 2 spiro atoms. The van der Waals surface area contributed by atoms with Crippen LogP contribution in [-0.4, -0.2) is 0 Å². The molecule has 0 saturated carbocycles. The number of anilines is 3. The van der Waals surface area contributed by atoms with Crippen LogP contribution in [0.4, 0.5) is 17.1 Å². The average molecular weight is 916 g/mol. The largest absolute Gasteiger partial charge is 0.310 e. The Balaban J connectivity index is 0.897. The van der Waals surface area contributed by atoms with Crippen LogP contribution in [-0.2, 0) is 16.2 Å². The topological polar surface area (TPSA) is 3.24 Å². The molecule has 0 unspecified atom stereocenters. The Morgan fingerprint density at radius 3 is 1.15 bits per heavy atom. The van der Waals surface area contributed by atoms with Crippen LogP contribution < -0.4 is 4.90 Å². The molecule has 0 bridgehead atoms. The van der Waals surface area contributed by atoms with Gasteiger partial charge in [0, 0.05) is 22.5 Å². The molecule has 0 radical (unpaired) electrons. The van der Waals surface area contributed by atoms with Gasteiger partial charge in [-0.05, 0) is 160 Å². The van der Waals surface area contributed by atoms with E-state index in [1.807, 2.05) is 0 Å². The van der Waals surface area contributed by atoms with Crippen molar-refractivity contribution in [1.29, 1.82) is 0 Å². The zero-order chi connectivity index (χ0) is 47.8. The summed E-state index contributed by atoms with van der Waals surface area (Å²) in [6.45, 7) is 4.72. The van der Waals surface area contributed by atoms with Gasteiger partial charge in [0.1, 0.15) is 0 Å². The predicted molar refractivity (Wildman–Crippen MR) is 298 cm³/mol. The molecule has 0 heterocycles. The summed E-state index contributed by atoms with van der Waals surface area (Å²) in [5.74, 6) is 0. The summed E-state index contributed by atoms with van der Waals surface area (Å²) in [6.07, 6.45) is 0. The first kappa shape index (κ1) is 41.0. The Kier molecular flexibility index (Phi) is 8.62. The highest BCUT2D eigenvalue weighted by molar-refractivity contribution is 5.95. The Morgan fingerprint density at radius 2 is 0.583 bits per heavy atom. The zero-order valence-corrected chi connectivity index (χ0v) is 40.3. The van der Waals surface area contributed by atoms with Gasteiger partial charge in [0.15, 0.2) is 0 Å². The van der Waals surface area contributed by atoms with Gasteiger partial charge in [-0.2, -0.15) is 0 Å². The average Bonchev–Trinajstić information content (AvgIpc) is 4.01. The molecular formula is C71H49N. The SMILES string of the molecule is CC1(C)c2ccccc2-c2ccc(-c3cccc(N(c4ccccc4)c4ccc(-c5ccc6c(c5)C5(c7ccccc7-c7ccccc75)c5ccccc5C65c6ccccc6-c6ccccc65)cc4)c3)cc21. The second-order valence-electron chi connectivity index (χ2n) is 20.7. The second-order valence-corrected chi connectivity index (χ2v) is 20.7. The van der Waals surface area contributed by atoms with E-state index in [1.54, 1.807) is 0 Å². The molecule has 338 valence electrons. The second kappa shape index (κ2) is 15.1. The van der Waals surface area contributed by atoms with Gasteiger partial charge < -0.3 is 4.90 Å². The molecule has 15 rings (SSSR count). The van der Waals surface area contributed by atoms with Crippen LogP contribution in [0.25, 0.3) is 55.6 Å². The minimum atomic E-state index is -0.541. The van der Waals surface area contributed by atoms with Gasteiger partial charge >= 0.3 is 0 Å². The highest BCUT2D eigenvalue weighted by atomic mass is 15.1. The molecule has 0 atom stereocenters. The molecule has 4 aliphatic rings. The van der Waals surface area contributed by atoms with Crippen LogP contribution in [0.2, 0.25) is 0 Å². The van der Waals surface area contributed by atoms with E-state index >= 15 is 0 Å². The molecule has 1 nitrogen and oxygen atoms in total. The maximum Gasteiger partial charge on any atom is 0.0720 e. The van der Waals surface area contributed by atoms with Crippen molar-refractivity contribution in [2.45, 2.75) is 30.1 Å². The summed E-state index contributed by atoms with van der Waals surface area (Å²) in [7, 11) is 0. The summed E-state index contributed by atoms with van der Waals surface area (Å²) in [5, 5.41) is 0. The van der Waals surface area contributed by atoms with Crippen LogP contribution >= 0.6 is 0 Å². The molecule has 0 saturated heterocycles. The van der Waals surface area contributed by atoms with Gasteiger partial charge in [0.25, 0.3) is 0 Å². The highest BCUT2D eigenvalue weighted by Gasteiger charge is 2.59. The van der Waals surface area contributed by atoms with Gasteiger partial charge in [-0.15, -0.1) is 0 Å². The Morgan fingerprint density at radius 1 is 0.222 bits per heavy atom. The van der Waals surface area contributed by atoms with Gasteiger partial charge in [-0.25, -0.2) is 0 Å². The summed E-state index contributed by atoms with van der Waals surface area (Å²) in [6, 6.07) is 98.5. The Labute approximate surface area is 422 Å². The minimum Gasteiger partial charge on any atom is -0.310 e. The number of rotatable bonds is 5. The van der Waals surface area contributed by atoms with Crippen molar-refractivity contribution in [1.82, 2.24) is 0 Å². The minimum absolute atomic E-state index is 0.0681. The van der Waals surface area contributed by atoms with Gasteiger partial charge in [0.05, 0.1) is 10.8 Å². The van der Waals surface area contributed by atoms with Gasteiger partial charge in [-0.3, -0.25) is 0 Å². The van der Waals surface area contributed by atoms with Crippen molar-refractivity contribution in [2.24, 2.45) is 0 Å². The molecule has 0 fully saturated rings. The van der Waals surface area contributed by atoms with Crippen molar-refractivity contribution in [3.05, 3.63) is 316 Å². The van der Waals surface area contributed by atoms with E-state index in [0.29, 0.717) is 0 Å². The number of para-hydroxylation sites is 1. The van der Waals surface area contributed by atoms with E-state index in [1.165, 1.54) is 111 Å². The lowest BCUT2D eigenvalue weighted by Gasteiger charge is -2.49. The fourth-order valence-electron chi connectivity index (χ4n) is 14.0. The maximum atomic E-state index is 2.55. The lowest BCUT2D eigenvalue weighted by Crippen LogP contribution is -2.43. The standard InChI is InChI=1S/C71H49N/c1-69(2)59-28-11-6-23-53(59)58-41-37-49(44-67(58)69)47-19-18-22-52(43-47)72(50-20-4-3-5-21-50)51-39-35-46(36-40-51)48-38-42-66-68(45-48)71(62-31-14-9-26-56(62)57-27-10-15-32-63(57)71)65-34-17-16-33-64(65)70(66)60-29-12-7-24-54(60)55-25-8-13-30-61(55)70/h3-45H,1-2H3.